The quantitative estimate of drug-likeness (QED) is 0.617. The zero-order valence-electron chi connectivity index (χ0n) is 10.6. The molecule has 3 rings (SSSR count). The van der Waals surface area contributed by atoms with Gasteiger partial charge in [-0.2, -0.15) is 13.5 Å². The van der Waals surface area contributed by atoms with Crippen molar-refractivity contribution in [2.45, 2.75) is 6.92 Å². The molecule has 1 aromatic heterocycles. The van der Waals surface area contributed by atoms with Gasteiger partial charge < -0.3 is 11.1 Å². The SMILES string of the molecule is Cc1ccccc1.N.S.c1ccc2[nH]ccc2c1. The Hall–Kier alpha value is -1.71. The van der Waals surface area contributed by atoms with Gasteiger partial charge in [0.05, 0.1) is 0 Å². The molecule has 96 valence electrons. The lowest BCUT2D eigenvalue weighted by atomic mass is 10.2. The predicted molar refractivity (Wildman–Crippen MR) is 84.9 cm³/mol. The van der Waals surface area contributed by atoms with E-state index in [0.717, 1.165) is 0 Å². The zero-order valence-corrected chi connectivity index (χ0v) is 11.6. The van der Waals surface area contributed by atoms with Crippen molar-refractivity contribution in [2.75, 3.05) is 0 Å². The average Bonchev–Trinajstić information content (AvgIpc) is 2.79. The third-order valence-electron chi connectivity index (χ3n) is 2.40. The first-order valence-electron chi connectivity index (χ1n) is 5.40. The summed E-state index contributed by atoms with van der Waals surface area (Å²) < 4.78 is 0. The highest BCUT2D eigenvalue weighted by molar-refractivity contribution is 7.59. The minimum absolute atomic E-state index is 0. The number of para-hydroxylation sites is 1. The molecule has 0 unspecified atom stereocenters. The molecule has 2 nitrogen and oxygen atoms in total. The number of rotatable bonds is 0. The third-order valence-corrected chi connectivity index (χ3v) is 2.40. The van der Waals surface area contributed by atoms with Crippen molar-refractivity contribution in [3.63, 3.8) is 0 Å². The molecule has 4 N–H and O–H groups in total. The molecule has 2 aromatic carbocycles. The van der Waals surface area contributed by atoms with Gasteiger partial charge in [-0.1, -0.05) is 54.1 Å². The van der Waals surface area contributed by atoms with E-state index in [1.165, 1.54) is 16.5 Å². The first kappa shape index (κ1) is 16.3. The van der Waals surface area contributed by atoms with Crippen molar-refractivity contribution in [3.8, 4) is 0 Å². The van der Waals surface area contributed by atoms with Crippen molar-refractivity contribution in [3.05, 3.63) is 72.4 Å². The maximum atomic E-state index is 3.12. The van der Waals surface area contributed by atoms with Crippen LogP contribution in [-0.4, -0.2) is 4.98 Å². The second-order valence-electron chi connectivity index (χ2n) is 3.72. The number of aryl methyl sites for hydroxylation is 1. The fraction of sp³-hybridized carbons (Fsp3) is 0.0667. The number of hydrogen-bond donors (Lipinski definition) is 2. The number of H-pyrrole nitrogens is 1. The molecule has 0 saturated carbocycles. The smallest absolute Gasteiger partial charge is 0.0453 e. The molecular formula is C15H20N2S. The van der Waals surface area contributed by atoms with E-state index >= 15 is 0 Å². The molecule has 0 aliphatic heterocycles. The van der Waals surface area contributed by atoms with E-state index in [4.69, 9.17) is 0 Å². The van der Waals surface area contributed by atoms with Gasteiger partial charge in [-0.15, -0.1) is 0 Å². The summed E-state index contributed by atoms with van der Waals surface area (Å²) in [5.41, 5.74) is 2.53. The van der Waals surface area contributed by atoms with Crippen molar-refractivity contribution in [1.29, 1.82) is 0 Å². The van der Waals surface area contributed by atoms with Gasteiger partial charge >= 0.3 is 0 Å². The fourth-order valence-corrected chi connectivity index (χ4v) is 1.53. The molecule has 0 radical (unpaired) electrons. The molecule has 0 fully saturated rings. The Morgan fingerprint density at radius 1 is 0.778 bits per heavy atom. The van der Waals surface area contributed by atoms with Crippen LogP contribution in [-0.2, 0) is 0 Å². The summed E-state index contributed by atoms with van der Waals surface area (Å²) in [6.45, 7) is 2.08. The maximum absolute atomic E-state index is 3.12. The maximum Gasteiger partial charge on any atom is 0.0453 e. The Morgan fingerprint density at radius 3 is 1.94 bits per heavy atom. The molecule has 0 aliphatic carbocycles. The number of aromatic nitrogens is 1. The highest BCUT2D eigenvalue weighted by Crippen LogP contribution is 2.09. The molecular weight excluding hydrogens is 240 g/mol. The summed E-state index contributed by atoms with van der Waals surface area (Å²) in [6.07, 6.45) is 1.95. The predicted octanol–water partition coefficient (Wildman–Crippen LogP) is 4.44. The van der Waals surface area contributed by atoms with Gasteiger partial charge in [0.2, 0.25) is 0 Å². The van der Waals surface area contributed by atoms with Crippen molar-refractivity contribution in [2.24, 2.45) is 0 Å². The van der Waals surface area contributed by atoms with Crippen molar-refractivity contribution in [1.82, 2.24) is 11.1 Å². The first-order valence-corrected chi connectivity index (χ1v) is 5.40. The van der Waals surface area contributed by atoms with E-state index < -0.39 is 0 Å². The lowest BCUT2D eigenvalue weighted by Crippen LogP contribution is -1.62. The minimum atomic E-state index is 0. The van der Waals surface area contributed by atoms with Crippen LogP contribution in [0.4, 0.5) is 0 Å². The number of hydrogen-bond acceptors (Lipinski definition) is 1. The summed E-state index contributed by atoms with van der Waals surface area (Å²) in [5, 5.41) is 1.28. The van der Waals surface area contributed by atoms with Crippen LogP contribution in [0, 0.1) is 6.92 Å². The second-order valence-corrected chi connectivity index (χ2v) is 3.72. The molecule has 3 aromatic rings. The van der Waals surface area contributed by atoms with Crippen LogP contribution in [0.25, 0.3) is 10.9 Å². The van der Waals surface area contributed by atoms with E-state index in [1.54, 1.807) is 0 Å². The summed E-state index contributed by atoms with van der Waals surface area (Å²) in [4.78, 5) is 3.12. The zero-order chi connectivity index (χ0) is 11.2. The molecule has 0 atom stereocenters. The Morgan fingerprint density at radius 2 is 1.39 bits per heavy atom. The fourth-order valence-electron chi connectivity index (χ4n) is 1.53. The summed E-state index contributed by atoms with van der Waals surface area (Å²) in [5.74, 6) is 0. The Labute approximate surface area is 115 Å². The molecule has 0 amide bonds. The van der Waals surface area contributed by atoms with Crippen molar-refractivity contribution >= 4 is 24.4 Å². The number of fused-ring (bicyclic) bond motifs is 1. The van der Waals surface area contributed by atoms with E-state index in [9.17, 15) is 0 Å². The summed E-state index contributed by atoms with van der Waals surface area (Å²) in [7, 11) is 0. The standard InChI is InChI=1S/C8H7N.C7H8.H3N.H2S/c1-2-4-8-7(3-1)5-6-9-8;1-7-5-3-2-4-6-7;;/h1-6,9H;2-6H,1H3;1H3;1H2. The van der Waals surface area contributed by atoms with E-state index in [0.29, 0.717) is 0 Å². The van der Waals surface area contributed by atoms with Gasteiger partial charge in [0.25, 0.3) is 0 Å². The molecule has 0 saturated heterocycles. The highest BCUT2D eigenvalue weighted by atomic mass is 32.1. The van der Waals surface area contributed by atoms with Gasteiger partial charge in [-0.3, -0.25) is 0 Å². The van der Waals surface area contributed by atoms with Crippen molar-refractivity contribution < 1.29 is 0 Å². The molecule has 0 spiro atoms. The molecule has 18 heavy (non-hydrogen) atoms. The van der Waals surface area contributed by atoms with Gasteiger partial charge in [0, 0.05) is 11.7 Å². The van der Waals surface area contributed by atoms with Crippen LogP contribution >= 0.6 is 13.5 Å². The van der Waals surface area contributed by atoms with Crippen LogP contribution in [0.15, 0.2) is 66.9 Å². The average molecular weight is 260 g/mol. The third kappa shape index (κ3) is 4.65. The Kier molecular flexibility index (Phi) is 7.59. The van der Waals surface area contributed by atoms with Crippen LogP contribution in [0.3, 0.4) is 0 Å². The highest BCUT2D eigenvalue weighted by Gasteiger charge is 1.86. The van der Waals surface area contributed by atoms with Gasteiger partial charge in [-0.05, 0) is 24.4 Å². The molecule has 0 bridgehead atoms. The van der Waals surface area contributed by atoms with E-state index in [1.807, 2.05) is 36.5 Å². The normalized spacial score (nSPS) is 8.50. The number of nitrogens with one attached hydrogen (secondary N) is 1. The van der Waals surface area contributed by atoms with Crippen LogP contribution in [0.1, 0.15) is 5.56 Å². The lowest BCUT2D eigenvalue weighted by molar-refractivity contribution is 1.48. The first-order chi connectivity index (χ1) is 7.86. The number of aromatic amines is 1. The Balaban J connectivity index is 0.000000297. The topological polar surface area (TPSA) is 50.8 Å². The lowest BCUT2D eigenvalue weighted by Gasteiger charge is -1.83. The van der Waals surface area contributed by atoms with Crippen LogP contribution in [0.5, 0.6) is 0 Å². The van der Waals surface area contributed by atoms with Gasteiger partial charge in [0.15, 0.2) is 0 Å². The Bertz CT molecular complexity index is 516. The molecule has 3 heteroatoms. The molecule has 0 aliphatic rings. The van der Waals surface area contributed by atoms with E-state index in [-0.39, 0.29) is 19.6 Å². The van der Waals surface area contributed by atoms with Gasteiger partial charge in [0.1, 0.15) is 0 Å². The van der Waals surface area contributed by atoms with E-state index in [2.05, 4.69) is 42.2 Å². The number of benzene rings is 2. The molecule has 1 heterocycles. The minimum Gasteiger partial charge on any atom is -0.361 e. The monoisotopic (exact) mass is 260 g/mol. The second kappa shape index (κ2) is 8.39. The van der Waals surface area contributed by atoms with Crippen LogP contribution in [0.2, 0.25) is 0 Å². The van der Waals surface area contributed by atoms with Gasteiger partial charge in [-0.25, -0.2) is 0 Å². The summed E-state index contributed by atoms with van der Waals surface area (Å²) >= 11 is 0. The van der Waals surface area contributed by atoms with Crippen LogP contribution < -0.4 is 6.15 Å². The summed E-state index contributed by atoms with van der Waals surface area (Å²) in [6, 6.07) is 20.5. The largest absolute Gasteiger partial charge is 0.361 e.